The summed E-state index contributed by atoms with van der Waals surface area (Å²) in [7, 11) is 0. The van der Waals surface area contributed by atoms with Crippen molar-refractivity contribution in [2.24, 2.45) is 5.41 Å². The maximum atomic E-state index is 13.6. The molecule has 1 N–H and O–H groups in total. The maximum Gasteiger partial charge on any atom is 0.227 e. The third-order valence-electron chi connectivity index (χ3n) is 6.51. The molecule has 1 aliphatic rings. The molecule has 3 aromatic rings. The van der Waals surface area contributed by atoms with Crippen LogP contribution in [0, 0.1) is 11.2 Å². The van der Waals surface area contributed by atoms with Crippen LogP contribution >= 0.6 is 0 Å². The van der Waals surface area contributed by atoms with E-state index in [2.05, 4.69) is 10.5 Å². The van der Waals surface area contributed by atoms with E-state index in [-0.39, 0.29) is 23.7 Å². The summed E-state index contributed by atoms with van der Waals surface area (Å²) in [4.78, 5) is 27.2. The van der Waals surface area contributed by atoms with E-state index in [1.807, 2.05) is 37.3 Å². The van der Waals surface area contributed by atoms with Gasteiger partial charge in [0.1, 0.15) is 17.3 Å². The molecule has 0 bridgehead atoms. The molecular formula is C26H28FN3O3. The van der Waals surface area contributed by atoms with Crippen molar-refractivity contribution in [3.8, 4) is 11.3 Å². The number of carbonyl (C=O) groups is 2. The highest BCUT2D eigenvalue weighted by Crippen LogP contribution is 2.37. The molecule has 1 aliphatic heterocycles. The predicted molar refractivity (Wildman–Crippen MR) is 123 cm³/mol. The van der Waals surface area contributed by atoms with Gasteiger partial charge in [0, 0.05) is 38.1 Å². The molecule has 1 atom stereocenters. The molecule has 0 saturated carbocycles. The van der Waals surface area contributed by atoms with Crippen LogP contribution in [0.25, 0.3) is 11.3 Å². The van der Waals surface area contributed by atoms with Crippen molar-refractivity contribution in [2.45, 2.75) is 39.2 Å². The molecule has 1 aromatic heterocycles. The molecule has 172 valence electrons. The standard InChI is InChI=1S/C26H28FN3O3/c1-18(20-6-4-3-5-7-20)28-25(32)26(12-14-30(15-13-26)19(2)31)17-23-16-24(29-33-23)21-8-10-22(27)11-9-21/h3-11,16,18H,12-15,17H2,1-2H3,(H,28,32)/t18-/m0/s1. The van der Waals surface area contributed by atoms with E-state index >= 15 is 0 Å². The van der Waals surface area contributed by atoms with Crippen LogP contribution in [0.3, 0.4) is 0 Å². The minimum absolute atomic E-state index is 0.0138. The number of likely N-dealkylation sites (tertiary alicyclic amines) is 1. The van der Waals surface area contributed by atoms with Crippen LogP contribution in [0.1, 0.15) is 44.1 Å². The molecule has 1 fully saturated rings. The minimum atomic E-state index is -0.714. The van der Waals surface area contributed by atoms with E-state index < -0.39 is 5.41 Å². The SMILES string of the molecule is CC(=O)N1CCC(Cc2cc(-c3ccc(F)cc3)no2)(C(=O)N[C@@H](C)c2ccccc2)CC1. The molecule has 1 saturated heterocycles. The Kier molecular flexibility index (Phi) is 6.58. The highest BCUT2D eigenvalue weighted by molar-refractivity contribution is 5.84. The molecule has 0 spiro atoms. The molecule has 7 heteroatoms. The van der Waals surface area contributed by atoms with Gasteiger partial charge < -0.3 is 14.7 Å². The molecule has 33 heavy (non-hydrogen) atoms. The highest BCUT2D eigenvalue weighted by Gasteiger charge is 2.43. The Morgan fingerprint density at radius 2 is 1.79 bits per heavy atom. The van der Waals surface area contributed by atoms with Crippen LogP contribution in [0.5, 0.6) is 0 Å². The zero-order valence-corrected chi connectivity index (χ0v) is 18.9. The van der Waals surface area contributed by atoms with Crippen LogP contribution in [0.15, 0.2) is 65.2 Å². The second-order valence-electron chi connectivity index (χ2n) is 8.75. The summed E-state index contributed by atoms with van der Waals surface area (Å²) >= 11 is 0. The van der Waals surface area contributed by atoms with Crippen molar-refractivity contribution in [2.75, 3.05) is 13.1 Å². The lowest BCUT2D eigenvalue weighted by Gasteiger charge is -2.40. The van der Waals surface area contributed by atoms with E-state index in [4.69, 9.17) is 4.52 Å². The van der Waals surface area contributed by atoms with Crippen molar-refractivity contribution in [3.05, 3.63) is 77.8 Å². The van der Waals surface area contributed by atoms with Crippen LogP contribution < -0.4 is 5.32 Å². The minimum Gasteiger partial charge on any atom is -0.361 e. The summed E-state index contributed by atoms with van der Waals surface area (Å²) in [6.45, 7) is 4.55. The van der Waals surface area contributed by atoms with Gasteiger partial charge in [0.05, 0.1) is 11.5 Å². The number of benzene rings is 2. The van der Waals surface area contributed by atoms with Crippen LogP contribution in [-0.2, 0) is 16.0 Å². The van der Waals surface area contributed by atoms with Crippen LogP contribution in [0.4, 0.5) is 4.39 Å². The average Bonchev–Trinajstić information content (AvgIpc) is 3.28. The lowest BCUT2D eigenvalue weighted by atomic mass is 9.73. The molecule has 2 aromatic carbocycles. The van der Waals surface area contributed by atoms with Crippen molar-refractivity contribution >= 4 is 11.8 Å². The summed E-state index contributed by atoms with van der Waals surface area (Å²) in [5.74, 6) is 0.234. The van der Waals surface area contributed by atoms with Gasteiger partial charge in [-0.2, -0.15) is 0 Å². The number of aromatic nitrogens is 1. The number of nitrogens with one attached hydrogen (secondary N) is 1. The van der Waals surface area contributed by atoms with Crippen LogP contribution in [0.2, 0.25) is 0 Å². The summed E-state index contributed by atoms with van der Waals surface area (Å²) < 4.78 is 18.8. The quantitative estimate of drug-likeness (QED) is 0.600. The molecule has 6 nitrogen and oxygen atoms in total. The second kappa shape index (κ2) is 9.57. The van der Waals surface area contributed by atoms with Gasteiger partial charge in [-0.15, -0.1) is 0 Å². The van der Waals surface area contributed by atoms with E-state index in [1.165, 1.54) is 12.1 Å². The smallest absolute Gasteiger partial charge is 0.227 e. The van der Waals surface area contributed by atoms with E-state index in [0.29, 0.717) is 43.8 Å². The van der Waals surface area contributed by atoms with Crippen molar-refractivity contribution in [3.63, 3.8) is 0 Å². The maximum absolute atomic E-state index is 13.6. The zero-order chi connectivity index (χ0) is 23.4. The van der Waals surface area contributed by atoms with Gasteiger partial charge in [0.25, 0.3) is 0 Å². The Hall–Kier alpha value is -3.48. The van der Waals surface area contributed by atoms with Gasteiger partial charge >= 0.3 is 0 Å². The monoisotopic (exact) mass is 449 g/mol. The lowest BCUT2D eigenvalue weighted by molar-refractivity contribution is -0.140. The fourth-order valence-electron chi connectivity index (χ4n) is 4.40. The number of halogens is 1. The average molecular weight is 450 g/mol. The number of hydrogen-bond donors (Lipinski definition) is 1. The van der Waals surface area contributed by atoms with Gasteiger partial charge in [-0.05, 0) is 49.6 Å². The fourth-order valence-corrected chi connectivity index (χ4v) is 4.40. The Labute approximate surface area is 192 Å². The first-order chi connectivity index (χ1) is 15.9. The predicted octanol–water partition coefficient (Wildman–Crippen LogP) is 4.53. The number of nitrogens with zero attached hydrogens (tertiary/aromatic N) is 2. The van der Waals surface area contributed by atoms with Gasteiger partial charge in [-0.3, -0.25) is 9.59 Å². The van der Waals surface area contributed by atoms with Gasteiger partial charge in [0.15, 0.2) is 0 Å². The molecule has 2 amide bonds. The number of rotatable bonds is 6. The second-order valence-corrected chi connectivity index (χ2v) is 8.75. The van der Waals surface area contributed by atoms with Gasteiger partial charge in [0.2, 0.25) is 11.8 Å². The largest absolute Gasteiger partial charge is 0.361 e. The number of hydrogen-bond acceptors (Lipinski definition) is 4. The Morgan fingerprint density at radius 3 is 2.42 bits per heavy atom. The van der Waals surface area contributed by atoms with Crippen molar-refractivity contribution < 1.29 is 18.5 Å². The van der Waals surface area contributed by atoms with Crippen molar-refractivity contribution in [1.82, 2.24) is 15.4 Å². The number of carbonyl (C=O) groups excluding carboxylic acids is 2. The number of amides is 2. The van der Waals surface area contributed by atoms with Crippen molar-refractivity contribution in [1.29, 1.82) is 0 Å². The normalized spacial score (nSPS) is 16.3. The summed E-state index contributed by atoms with van der Waals surface area (Å²) in [5.41, 5.74) is 1.66. The molecule has 2 heterocycles. The first-order valence-corrected chi connectivity index (χ1v) is 11.2. The molecule has 0 radical (unpaired) electrons. The topological polar surface area (TPSA) is 75.4 Å². The Bertz CT molecular complexity index is 1100. The summed E-state index contributed by atoms with van der Waals surface area (Å²) in [6, 6.07) is 17.5. The molecular weight excluding hydrogens is 421 g/mol. The molecule has 4 rings (SSSR count). The fraction of sp³-hybridized carbons (Fsp3) is 0.346. The van der Waals surface area contributed by atoms with Gasteiger partial charge in [-0.1, -0.05) is 35.5 Å². The van der Waals surface area contributed by atoms with Crippen LogP contribution in [-0.4, -0.2) is 35.0 Å². The van der Waals surface area contributed by atoms with E-state index in [0.717, 1.165) is 11.1 Å². The van der Waals surface area contributed by atoms with E-state index in [1.54, 1.807) is 30.0 Å². The van der Waals surface area contributed by atoms with E-state index in [9.17, 15) is 14.0 Å². The third-order valence-corrected chi connectivity index (χ3v) is 6.51. The lowest BCUT2D eigenvalue weighted by Crippen LogP contribution is -2.51. The first-order valence-electron chi connectivity index (χ1n) is 11.2. The molecule has 0 aliphatic carbocycles. The molecule has 0 unspecified atom stereocenters. The first kappa shape index (κ1) is 22.7. The Balaban J connectivity index is 1.55. The highest BCUT2D eigenvalue weighted by atomic mass is 19.1. The Morgan fingerprint density at radius 1 is 1.12 bits per heavy atom. The zero-order valence-electron chi connectivity index (χ0n) is 18.9. The number of piperidine rings is 1. The summed E-state index contributed by atoms with van der Waals surface area (Å²) in [5, 5.41) is 7.30. The third kappa shape index (κ3) is 5.13. The van der Waals surface area contributed by atoms with Gasteiger partial charge in [-0.25, -0.2) is 4.39 Å². The summed E-state index contributed by atoms with van der Waals surface area (Å²) in [6.07, 6.45) is 1.44.